The third kappa shape index (κ3) is 4.47. The van der Waals surface area contributed by atoms with Crippen LogP contribution in [-0.2, 0) is 11.3 Å². The number of rotatable bonds is 6. The Balaban J connectivity index is 1.79. The van der Waals surface area contributed by atoms with Gasteiger partial charge in [-0.25, -0.2) is 8.78 Å². The second-order valence-corrected chi connectivity index (χ2v) is 5.89. The Morgan fingerprint density at radius 3 is 2.52 bits per heavy atom. The van der Waals surface area contributed by atoms with Gasteiger partial charge in [0.25, 0.3) is 5.91 Å². The zero-order chi connectivity index (χ0) is 21.0. The number of nitrogens with one attached hydrogen (secondary N) is 1. The van der Waals surface area contributed by atoms with E-state index in [-0.39, 0.29) is 18.4 Å². The number of hydrogen-bond donors (Lipinski definition) is 1. The van der Waals surface area contributed by atoms with Gasteiger partial charge < -0.3 is 24.4 Å². The number of carbonyl (C=O) groups excluding carboxylic acids is 1. The predicted octanol–water partition coefficient (Wildman–Crippen LogP) is 1.07. The van der Waals surface area contributed by atoms with Gasteiger partial charge in [0.2, 0.25) is 11.8 Å². The first kappa shape index (κ1) is 20.6. The molecule has 1 amide bonds. The fourth-order valence-electron chi connectivity index (χ4n) is 2.64. The predicted molar refractivity (Wildman–Crippen MR) is 93.4 cm³/mol. The number of ether oxygens (including phenoxy) is 3. The molecule has 0 aliphatic carbocycles. The van der Waals surface area contributed by atoms with Crippen LogP contribution in [0.1, 0.15) is 16.2 Å². The molecule has 1 fully saturated rings. The van der Waals surface area contributed by atoms with Crippen molar-refractivity contribution < 1.29 is 32.2 Å². The van der Waals surface area contributed by atoms with Crippen LogP contribution in [0.25, 0.3) is 0 Å². The Bertz CT molecular complexity index is 909. The van der Waals surface area contributed by atoms with Crippen molar-refractivity contribution in [2.24, 2.45) is 0 Å². The van der Waals surface area contributed by atoms with E-state index in [1.807, 2.05) is 4.90 Å². The van der Waals surface area contributed by atoms with Crippen LogP contribution in [0.4, 0.5) is 19.1 Å². The van der Waals surface area contributed by atoms with E-state index >= 15 is 0 Å². The molecule has 1 aliphatic heterocycles. The van der Waals surface area contributed by atoms with E-state index in [9.17, 15) is 18.0 Å². The normalized spacial score (nSPS) is 13.9. The molecule has 0 bridgehead atoms. The van der Waals surface area contributed by atoms with Crippen LogP contribution >= 0.6 is 0 Å². The summed E-state index contributed by atoms with van der Waals surface area (Å²) in [5, 5.41) is 2.36. The maximum atomic E-state index is 14.2. The van der Waals surface area contributed by atoms with E-state index in [4.69, 9.17) is 9.47 Å². The van der Waals surface area contributed by atoms with Crippen molar-refractivity contribution in [3.05, 3.63) is 34.9 Å². The Morgan fingerprint density at radius 1 is 1.14 bits per heavy atom. The van der Waals surface area contributed by atoms with Gasteiger partial charge in [-0.1, -0.05) is 0 Å². The van der Waals surface area contributed by atoms with Gasteiger partial charge in [-0.05, 0) is 6.07 Å². The smallest absolute Gasteiger partial charge is 0.321 e. The Morgan fingerprint density at radius 2 is 1.86 bits per heavy atom. The Kier molecular flexibility index (Phi) is 6.32. The summed E-state index contributed by atoms with van der Waals surface area (Å²) < 4.78 is 56.2. The number of carbonyl (C=O) groups is 1. The molecule has 0 radical (unpaired) electrons. The number of methoxy groups -OCH3 is 2. The van der Waals surface area contributed by atoms with Gasteiger partial charge in [-0.15, -0.1) is 0 Å². The summed E-state index contributed by atoms with van der Waals surface area (Å²) in [4.78, 5) is 26.6. The minimum Gasteiger partial charge on any atom is -0.491 e. The number of anilines is 1. The highest BCUT2D eigenvalue weighted by Crippen LogP contribution is 2.27. The lowest BCUT2D eigenvalue weighted by molar-refractivity contribution is 0.0944. The summed E-state index contributed by atoms with van der Waals surface area (Å²) in [7, 11) is 2.34. The minimum atomic E-state index is -1.51. The van der Waals surface area contributed by atoms with Crippen LogP contribution in [0.15, 0.2) is 6.07 Å². The van der Waals surface area contributed by atoms with Gasteiger partial charge >= 0.3 is 6.01 Å². The SMILES string of the molecule is COc1nc(CNC(=O)c2cc(F)c(F)c(OC)c2F)nc(N2CCOCC2)n1. The summed E-state index contributed by atoms with van der Waals surface area (Å²) in [6.45, 7) is 1.93. The first-order valence-electron chi connectivity index (χ1n) is 8.56. The maximum Gasteiger partial charge on any atom is 0.321 e. The standard InChI is InChI=1S/C17H18F3N5O4/c1-27-14-12(19)9(7-10(18)13(14)20)15(26)21-8-11-22-16(24-17(23-11)28-2)25-3-5-29-6-4-25/h7H,3-6,8H2,1-2H3,(H,21,26). The molecule has 0 unspecified atom stereocenters. The van der Waals surface area contributed by atoms with Crippen molar-refractivity contribution in [3.8, 4) is 11.8 Å². The molecule has 0 spiro atoms. The van der Waals surface area contributed by atoms with Crippen LogP contribution in [0.5, 0.6) is 11.8 Å². The lowest BCUT2D eigenvalue weighted by atomic mass is 10.1. The second-order valence-electron chi connectivity index (χ2n) is 5.89. The molecule has 1 saturated heterocycles. The van der Waals surface area contributed by atoms with Crippen LogP contribution in [0.3, 0.4) is 0 Å². The fraction of sp³-hybridized carbons (Fsp3) is 0.412. The maximum absolute atomic E-state index is 14.2. The van der Waals surface area contributed by atoms with Gasteiger partial charge in [0, 0.05) is 13.1 Å². The summed E-state index contributed by atoms with van der Waals surface area (Å²) in [6, 6.07) is 0.488. The summed E-state index contributed by atoms with van der Waals surface area (Å²) in [5.74, 6) is -5.74. The van der Waals surface area contributed by atoms with E-state index < -0.39 is 34.7 Å². The lowest BCUT2D eigenvalue weighted by Crippen LogP contribution is -2.37. The summed E-state index contributed by atoms with van der Waals surface area (Å²) in [5.41, 5.74) is -0.713. The largest absolute Gasteiger partial charge is 0.491 e. The summed E-state index contributed by atoms with van der Waals surface area (Å²) in [6.07, 6.45) is 0. The van der Waals surface area contributed by atoms with Crippen molar-refractivity contribution >= 4 is 11.9 Å². The van der Waals surface area contributed by atoms with E-state index in [0.29, 0.717) is 38.3 Å². The number of nitrogens with zero attached hydrogens (tertiary/aromatic N) is 4. The number of morpholine rings is 1. The van der Waals surface area contributed by atoms with Gasteiger partial charge in [0.05, 0.1) is 39.5 Å². The molecule has 9 nitrogen and oxygen atoms in total. The molecule has 3 rings (SSSR count). The van der Waals surface area contributed by atoms with Crippen molar-refractivity contribution in [2.75, 3.05) is 45.4 Å². The average Bonchev–Trinajstić information content (AvgIpc) is 2.75. The molecule has 12 heteroatoms. The average molecular weight is 413 g/mol. The molecular formula is C17H18F3N5O4. The second kappa shape index (κ2) is 8.90. The number of hydrogen-bond acceptors (Lipinski definition) is 8. The molecule has 2 aromatic rings. The van der Waals surface area contributed by atoms with Crippen LogP contribution in [0.2, 0.25) is 0 Å². The zero-order valence-corrected chi connectivity index (χ0v) is 15.7. The number of halogens is 3. The van der Waals surface area contributed by atoms with E-state index in [1.165, 1.54) is 7.11 Å². The van der Waals surface area contributed by atoms with Gasteiger partial charge in [0.15, 0.2) is 23.2 Å². The molecular weight excluding hydrogens is 395 g/mol. The highest BCUT2D eigenvalue weighted by Gasteiger charge is 2.24. The zero-order valence-electron chi connectivity index (χ0n) is 15.7. The molecule has 156 valence electrons. The third-order valence-electron chi connectivity index (χ3n) is 4.10. The lowest BCUT2D eigenvalue weighted by Gasteiger charge is -2.26. The van der Waals surface area contributed by atoms with Gasteiger partial charge in [-0.2, -0.15) is 19.3 Å². The summed E-state index contributed by atoms with van der Waals surface area (Å²) >= 11 is 0. The number of amides is 1. The van der Waals surface area contributed by atoms with Crippen molar-refractivity contribution in [2.45, 2.75) is 6.54 Å². The molecule has 2 heterocycles. The highest BCUT2D eigenvalue weighted by molar-refractivity contribution is 5.94. The highest BCUT2D eigenvalue weighted by atomic mass is 19.2. The van der Waals surface area contributed by atoms with Crippen molar-refractivity contribution in [1.29, 1.82) is 0 Å². The van der Waals surface area contributed by atoms with Crippen LogP contribution in [-0.4, -0.2) is 61.4 Å². The topological polar surface area (TPSA) is 98.7 Å². The monoisotopic (exact) mass is 413 g/mol. The molecule has 1 aliphatic rings. The quantitative estimate of drug-likeness (QED) is 0.703. The molecule has 1 N–H and O–H groups in total. The molecule has 0 atom stereocenters. The van der Waals surface area contributed by atoms with E-state index in [2.05, 4.69) is 25.0 Å². The first-order valence-corrected chi connectivity index (χ1v) is 8.56. The van der Waals surface area contributed by atoms with E-state index in [1.54, 1.807) is 0 Å². The third-order valence-corrected chi connectivity index (χ3v) is 4.10. The first-order chi connectivity index (χ1) is 13.9. The fourth-order valence-corrected chi connectivity index (χ4v) is 2.64. The molecule has 1 aromatic heterocycles. The van der Waals surface area contributed by atoms with Crippen molar-refractivity contribution in [3.63, 3.8) is 0 Å². The van der Waals surface area contributed by atoms with Crippen LogP contribution < -0.4 is 19.7 Å². The van der Waals surface area contributed by atoms with E-state index in [0.717, 1.165) is 7.11 Å². The Hall–Kier alpha value is -3.15. The molecule has 1 aromatic carbocycles. The number of benzene rings is 1. The van der Waals surface area contributed by atoms with Gasteiger partial charge in [-0.3, -0.25) is 4.79 Å². The van der Waals surface area contributed by atoms with Crippen LogP contribution in [0, 0.1) is 17.5 Å². The van der Waals surface area contributed by atoms with Gasteiger partial charge in [0.1, 0.15) is 0 Å². The van der Waals surface area contributed by atoms with Crippen molar-refractivity contribution in [1.82, 2.24) is 20.3 Å². The molecule has 0 saturated carbocycles. The Labute approximate surface area is 163 Å². The number of aromatic nitrogens is 3. The molecule has 29 heavy (non-hydrogen) atoms. The minimum absolute atomic E-state index is 0.0337.